The highest BCUT2D eigenvalue weighted by Gasteiger charge is 2.09. The molecule has 0 radical (unpaired) electrons. The molecule has 0 atom stereocenters. The molecule has 0 aliphatic heterocycles. The van der Waals surface area contributed by atoms with Gasteiger partial charge < -0.3 is 4.74 Å². The highest BCUT2D eigenvalue weighted by Crippen LogP contribution is 2.11. The van der Waals surface area contributed by atoms with Gasteiger partial charge in [0.1, 0.15) is 11.6 Å². The molecular formula is C17H20FNO3S. The largest absolute Gasteiger partial charge is 0.494 e. The van der Waals surface area contributed by atoms with E-state index in [0.717, 1.165) is 5.56 Å². The molecule has 4 nitrogen and oxygen atoms in total. The van der Waals surface area contributed by atoms with Crippen LogP contribution in [0.5, 0.6) is 5.75 Å². The first-order valence-corrected chi connectivity index (χ1v) is 9.10. The number of nitrogens with one attached hydrogen (secondary N) is 1. The van der Waals surface area contributed by atoms with Gasteiger partial charge in [-0.1, -0.05) is 30.3 Å². The van der Waals surface area contributed by atoms with Gasteiger partial charge in [-0.2, -0.15) is 0 Å². The van der Waals surface area contributed by atoms with Gasteiger partial charge >= 0.3 is 0 Å². The molecule has 0 aliphatic rings. The Morgan fingerprint density at radius 3 is 2.39 bits per heavy atom. The molecule has 1 N–H and O–H groups in total. The van der Waals surface area contributed by atoms with Crippen LogP contribution < -0.4 is 9.46 Å². The van der Waals surface area contributed by atoms with Crippen molar-refractivity contribution in [2.75, 3.05) is 18.9 Å². The van der Waals surface area contributed by atoms with E-state index in [1.54, 1.807) is 12.1 Å². The smallest absolute Gasteiger partial charge is 0.211 e. The predicted octanol–water partition coefficient (Wildman–Crippen LogP) is 2.76. The van der Waals surface area contributed by atoms with E-state index < -0.39 is 10.0 Å². The number of rotatable bonds is 9. The molecule has 0 amide bonds. The summed E-state index contributed by atoms with van der Waals surface area (Å²) in [6.07, 6.45) is 1.03. The summed E-state index contributed by atoms with van der Waals surface area (Å²) in [6, 6.07) is 15.2. The van der Waals surface area contributed by atoms with Crippen LogP contribution in [0.1, 0.15) is 12.0 Å². The number of hydrogen-bond acceptors (Lipinski definition) is 3. The zero-order valence-corrected chi connectivity index (χ0v) is 13.6. The third-order valence-corrected chi connectivity index (χ3v) is 4.61. The third kappa shape index (κ3) is 6.80. The summed E-state index contributed by atoms with van der Waals surface area (Å²) in [6.45, 7) is 0.686. The summed E-state index contributed by atoms with van der Waals surface area (Å²) < 4.78 is 44.4. The first kappa shape index (κ1) is 17.4. The summed E-state index contributed by atoms with van der Waals surface area (Å²) in [5, 5.41) is 0. The quantitative estimate of drug-likeness (QED) is 0.716. The summed E-state index contributed by atoms with van der Waals surface area (Å²) >= 11 is 0. The van der Waals surface area contributed by atoms with Crippen LogP contribution >= 0.6 is 0 Å². The van der Waals surface area contributed by atoms with Crippen LogP contribution in [-0.4, -0.2) is 27.3 Å². The molecule has 2 aromatic rings. The lowest BCUT2D eigenvalue weighted by Crippen LogP contribution is -2.29. The van der Waals surface area contributed by atoms with Crippen LogP contribution in [-0.2, 0) is 16.4 Å². The third-order valence-electron chi connectivity index (χ3n) is 3.23. The van der Waals surface area contributed by atoms with E-state index in [4.69, 9.17) is 4.74 Å². The van der Waals surface area contributed by atoms with Gasteiger partial charge in [-0.15, -0.1) is 0 Å². The van der Waals surface area contributed by atoms with Crippen LogP contribution in [0, 0.1) is 5.82 Å². The molecule has 124 valence electrons. The number of sulfonamides is 1. The van der Waals surface area contributed by atoms with Crippen LogP contribution in [0.25, 0.3) is 0 Å². The van der Waals surface area contributed by atoms with Crippen LogP contribution in [0.15, 0.2) is 54.6 Å². The molecule has 2 rings (SSSR count). The molecule has 0 saturated heterocycles. The van der Waals surface area contributed by atoms with Crippen molar-refractivity contribution in [3.63, 3.8) is 0 Å². The summed E-state index contributed by atoms with van der Waals surface area (Å²) in [5.41, 5.74) is 0.998. The van der Waals surface area contributed by atoms with Crippen molar-refractivity contribution >= 4 is 10.0 Å². The van der Waals surface area contributed by atoms with E-state index in [2.05, 4.69) is 4.72 Å². The Morgan fingerprint density at radius 2 is 1.70 bits per heavy atom. The Morgan fingerprint density at radius 1 is 1.00 bits per heavy atom. The molecule has 0 fully saturated rings. The van der Waals surface area contributed by atoms with Gasteiger partial charge in [-0.3, -0.25) is 0 Å². The maximum absolute atomic E-state index is 12.7. The number of ether oxygens (including phenoxy) is 1. The Kier molecular flexibility index (Phi) is 6.55. The minimum Gasteiger partial charge on any atom is -0.494 e. The van der Waals surface area contributed by atoms with Gasteiger partial charge in [-0.05, 0) is 42.7 Å². The van der Waals surface area contributed by atoms with Gasteiger partial charge in [0.25, 0.3) is 0 Å². The second-order valence-corrected chi connectivity index (χ2v) is 7.03. The van der Waals surface area contributed by atoms with Crippen molar-refractivity contribution in [1.29, 1.82) is 0 Å². The van der Waals surface area contributed by atoms with Gasteiger partial charge in [0.05, 0.1) is 12.4 Å². The van der Waals surface area contributed by atoms with E-state index in [0.29, 0.717) is 31.7 Å². The van der Waals surface area contributed by atoms with Crippen LogP contribution in [0.2, 0.25) is 0 Å². The lowest BCUT2D eigenvalue weighted by atomic mass is 10.2. The van der Waals surface area contributed by atoms with E-state index in [9.17, 15) is 12.8 Å². The van der Waals surface area contributed by atoms with E-state index in [-0.39, 0.29) is 11.6 Å². The van der Waals surface area contributed by atoms with Crippen molar-refractivity contribution in [2.24, 2.45) is 0 Å². The summed E-state index contributed by atoms with van der Waals surface area (Å²) in [4.78, 5) is 0. The van der Waals surface area contributed by atoms with Crippen molar-refractivity contribution in [2.45, 2.75) is 12.8 Å². The molecule has 0 heterocycles. The van der Waals surface area contributed by atoms with E-state index in [1.165, 1.54) is 12.1 Å². The van der Waals surface area contributed by atoms with Crippen LogP contribution in [0.4, 0.5) is 4.39 Å². The fourth-order valence-electron chi connectivity index (χ4n) is 1.99. The molecular weight excluding hydrogens is 317 g/mol. The standard InChI is InChI=1S/C17H20FNO3S/c18-16-7-9-17(10-8-16)22-13-4-12-19-23(20,21)14-11-15-5-2-1-3-6-15/h1-3,5-10,19H,4,11-14H2. The lowest BCUT2D eigenvalue weighted by Gasteiger charge is -2.08. The predicted molar refractivity (Wildman–Crippen MR) is 88.4 cm³/mol. The zero-order chi connectivity index (χ0) is 16.5. The van der Waals surface area contributed by atoms with Gasteiger partial charge in [0.2, 0.25) is 10.0 Å². The van der Waals surface area contributed by atoms with E-state index in [1.807, 2.05) is 30.3 Å². The molecule has 0 spiro atoms. The Balaban J connectivity index is 1.63. The second-order valence-electron chi connectivity index (χ2n) is 5.10. The minimum atomic E-state index is -3.29. The zero-order valence-electron chi connectivity index (χ0n) is 12.7. The molecule has 0 saturated carbocycles. The van der Waals surface area contributed by atoms with Crippen molar-refractivity contribution in [3.05, 3.63) is 66.0 Å². The van der Waals surface area contributed by atoms with Crippen LogP contribution in [0.3, 0.4) is 0 Å². The van der Waals surface area contributed by atoms with Gasteiger partial charge in [0.15, 0.2) is 0 Å². The molecule has 0 unspecified atom stereocenters. The molecule has 23 heavy (non-hydrogen) atoms. The number of hydrogen-bond donors (Lipinski definition) is 1. The lowest BCUT2D eigenvalue weighted by molar-refractivity contribution is 0.311. The highest BCUT2D eigenvalue weighted by molar-refractivity contribution is 7.89. The van der Waals surface area contributed by atoms with Gasteiger partial charge in [0, 0.05) is 6.54 Å². The fourth-order valence-corrected chi connectivity index (χ4v) is 3.09. The minimum absolute atomic E-state index is 0.0653. The van der Waals surface area contributed by atoms with E-state index >= 15 is 0 Å². The first-order chi connectivity index (χ1) is 11.1. The topological polar surface area (TPSA) is 55.4 Å². The second kappa shape index (κ2) is 8.64. The Hall–Kier alpha value is -1.92. The normalized spacial score (nSPS) is 11.3. The van der Waals surface area contributed by atoms with Crippen molar-refractivity contribution in [3.8, 4) is 5.75 Å². The number of aryl methyl sites for hydroxylation is 1. The summed E-state index contributed by atoms with van der Waals surface area (Å²) in [5.74, 6) is 0.317. The highest BCUT2D eigenvalue weighted by atomic mass is 32.2. The molecule has 0 aliphatic carbocycles. The molecule has 2 aromatic carbocycles. The van der Waals surface area contributed by atoms with Crippen molar-refractivity contribution < 1.29 is 17.5 Å². The number of halogens is 1. The average molecular weight is 337 g/mol. The van der Waals surface area contributed by atoms with Crippen molar-refractivity contribution in [1.82, 2.24) is 4.72 Å². The van der Waals surface area contributed by atoms with Gasteiger partial charge in [-0.25, -0.2) is 17.5 Å². The summed E-state index contributed by atoms with van der Waals surface area (Å²) in [7, 11) is -3.29. The molecule has 0 bridgehead atoms. The maximum Gasteiger partial charge on any atom is 0.211 e. The fraction of sp³-hybridized carbons (Fsp3) is 0.294. The molecule has 0 aromatic heterocycles. The Labute approximate surface area is 136 Å². The monoisotopic (exact) mass is 337 g/mol. The first-order valence-electron chi connectivity index (χ1n) is 7.45. The number of benzene rings is 2. The average Bonchev–Trinajstić information content (AvgIpc) is 2.55. The SMILES string of the molecule is O=S(=O)(CCc1ccccc1)NCCCOc1ccc(F)cc1. The molecule has 6 heteroatoms. The Bertz CT molecular complexity index is 688. The maximum atomic E-state index is 12.7.